The van der Waals surface area contributed by atoms with Crippen LogP contribution in [0.1, 0.15) is 46.6 Å². The second kappa shape index (κ2) is 6.76. The van der Waals surface area contributed by atoms with Gasteiger partial charge in [-0.05, 0) is 37.1 Å². The molecule has 0 aliphatic carbocycles. The van der Waals surface area contributed by atoms with E-state index >= 15 is 0 Å². The molecule has 1 aromatic carbocycles. The van der Waals surface area contributed by atoms with Crippen LogP contribution >= 0.6 is 0 Å². The summed E-state index contributed by atoms with van der Waals surface area (Å²) in [4.78, 5) is 32.9. The Bertz CT molecular complexity index is 1200. The Kier molecular flexibility index (Phi) is 4.25. The second-order valence-corrected chi connectivity index (χ2v) is 8.03. The molecule has 2 aliphatic rings. The molecule has 5 rings (SSSR count). The number of aromatic nitrogens is 3. The van der Waals surface area contributed by atoms with Crippen molar-refractivity contribution in [2.24, 2.45) is 7.05 Å². The van der Waals surface area contributed by atoms with E-state index in [9.17, 15) is 18.4 Å². The van der Waals surface area contributed by atoms with E-state index < -0.39 is 23.9 Å². The molecular weight excluding hydrogens is 404 g/mol. The van der Waals surface area contributed by atoms with Crippen LogP contribution in [0.4, 0.5) is 14.5 Å². The predicted octanol–water partition coefficient (Wildman–Crippen LogP) is 3.40. The fourth-order valence-corrected chi connectivity index (χ4v) is 5.04. The summed E-state index contributed by atoms with van der Waals surface area (Å²) in [6, 6.07) is 9.57. The molecular formula is C22H21F2N5O2. The first-order valence-corrected chi connectivity index (χ1v) is 10.0. The highest BCUT2D eigenvalue weighted by atomic mass is 19.3. The average molecular weight is 425 g/mol. The van der Waals surface area contributed by atoms with Crippen molar-refractivity contribution in [1.82, 2.24) is 19.0 Å². The number of hydrogen-bond donors (Lipinski definition) is 1. The van der Waals surface area contributed by atoms with Crippen molar-refractivity contribution in [2.75, 3.05) is 11.9 Å². The van der Waals surface area contributed by atoms with Crippen molar-refractivity contribution in [3.8, 4) is 0 Å². The summed E-state index contributed by atoms with van der Waals surface area (Å²) in [5, 5.41) is 2.94. The maximum absolute atomic E-state index is 13.7. The molecule has 9 heteroatoms. The van der Waals surface area contributed by atoms with Gasteiger partial charge in [0.2, 0.25) is 5.91 Å². The zero-order valence-electron chi connectivity index (χ0n) is 17.0. The number of likely N-dealkylation sites (tertiary alicyclic amines) is 1. The normalized spacial score (nSPS) is 22.4. The predicted molar refractivity (Wildman–Crippen MR) is 109 cm³/mol. The average Bonchev–Trinajstić information content (AvgIpc) is 3.48. The third-order valence-electron chi connectivity index (χ3n) is 6.49. The van der Waals surface area contributed by atoms with Gasteiger partial charge in [-0.2, -0.15) is 8.78 Å². The molecule has 4 heterocycles. The monoisotopic (exact) mass is 425 g/mol. The molecule has 1 saturated heterocycles. The number of fused-ring (bicyclic) bond motifs is 2. The minimum Gasteiger partial charge on any atom is -0.336 e. The van der Waals surface area contributed by atoms with E-state index in [2.05, 4.69) is 10.3 Å². The number of imidazole rings is 1. The number of rotatable bonds is 3. The van der Waals surface area contributed by atoms with Gasteiger partial charge in [0, 0.05) is 37.4 Å². The Morgan fingerprint density at radius 3 is 2.74 bits per heavy atom. The fraction of sp³-hybridized carbons (Fsp3) is 0.318. The van der Waals surface area contributed by atoms with Crippen LogP contribution in [0.5, 0.6) is 0 Å². The van der Waals surface area contributed by atoms with Gasteiger partial charge in [-0.25, -0.2) is 4.98 Å². The van der Waals surface area contributed by atoms with Crippen LogP contribution in [0.3, 0.4) is 0 Å². The minimum absolute atomic E-state index is 0.101. The van der Waals surface area contributed by atoms with Crippen LogP contribution in [0.2, 0.25) is 0 Å². The van der Waals surface area contributed by atoms with E-state index in [1.807, 2.05) is 24.3 Å². The first-order valence-electron chi connectivity index (χ1n) is 10.0. The molecule has 0 bridgehead atoms. The molecule has 3 aromatic rings. The summed E-state index contributed by atoms with van der Waals surface area (Å²) >= 11 is 0. The number of anilines is 1. The maximum atomic E-state index is 13.7. The zero-order valence-corrected chi connectivity index (χ0v) is 17.0. The number of carbonyl (C=O) groups is 2. The van der Waals surface area contributed by atoms with Crippen molar-refractivity contribution in [1.29, 1.82) is 0 Å². The largest absolute Gasteiger partial charge is 0.336 e. The number of nitrogens with one attached hydrogen (secondary N) is 1. The number of halogens is 2. The van der Waals surface area contributed by atoms with Crippen molar-refractivity contribution >= 4 is 17.5 Å². The van der Waals surface area contributed by atoms with Crippen LogP contribution in [0.15, 0.2) is 48.8 Å². The summed E-state index contributed by atoms with van der Waals surface area (Å²) in [5.74, 6) is -0.225. The Labute approximate surface area is 177 Å². The van der Waals surface area contributed by atoms with Crippen LogP contribution in [-0.4, -0.2) is 37.4 Å². The second-order valence-electron chi connectivity index (χ2n) is 8.03. The Morgan fingerprint density at radius 1 is 1.26 bits per heavy atom. The topological polar surface area (TPSA) is 72.2 Å². The van der Waals surface area contributed by atoms with Crippen LogP contribution in [-0.2, 0) is 17.3 Å². The van der Waals surface area contributed by atoms with Crippen molar-refractivity contribution in [3.05, 3.63) is 71.6 Å². The van der Waals surface area contributed by atoms with Crippen LogP contribution < -0.4 is 5.32 Å². The summed E-state index contributed by atoms with van der Waals surface area (Å²) in [6.45, 7) is -1.07. The van der Waals surface area contributed by atoms with Crippen LogP contribution in [0.25, 0.3) is 0 Å². The molecule has 2 atom stereocenters. The highest BCUT2D eigenvalue weighted by molar-refractivity contribution is 6.08. The van der Waals surface area contributed by atoms with Gasteiger partial charge < -0.3 is 14.8 Å². The van der Waals surface area contributed by atoms with Crippen molar-refractivity contribution in [3.63, 3.8) is 0 Å². The SMILES string of the molecule is Cc1ccc(C(=O)N2CC[C@]3(C(=O)Nc4ccccc43)[C@@H]2c2nccn2C)n1C(F)F. The lowest BCUT2D eigenvalue weighted by molar-refractivity contribution is -0.121. The first kappa shape index (κ1) is 19.5. The third-order valence-corrected chi connectivity index (χ3v) is 6.49. The van der Waals surface area contributed by atoms with Gasteiger partial charge in [-0.3, -0.25) is 14.2 Å². The van der Waals surface area contributed by atoms with E-state index in [1.165, 1.54) is 24.0 Å². The van der Waals surface area contributed by atoms with Gasteiger partial charge in [0.15, 0.2) is 0 Å². The van der Waals surface area contributed by atoms with Gasteiger partial charge in [0.25, 0.3) is 5.91 Å². The number of alkyl halides is 2. The number of aryl methyl sites for hydroxylation is 2. The Morgan fingerprint density at radius 2 is 2.03 bits per heavy atom. The van der Waals surface area contributed by atoms with E-state index in [4.69, 9.17) is 0 Å². The zero-order chi connectivity index (χ0) is 21.9. The van der Waals surface area contributed by atoms with Crippen molar-refractivity contribution in [2.45, 2.75) is 31.4 Å². The molecule has 2 amide bonds. The Hall–Kier alpha value is -3.49. The lowest BCUT2D eigenvalue weighted by Crippen LogP contribution is -2.44. The number of nitrogens with zero attached hydrogens (tertiary/aromatic N) is 4. The van der Waals surface area contributed by atoms with Gasteiger partial charge in [-0.15, -0.1) is 0 Å². The molecule has 0 radical (unpaired) electrons. The van der Waals surface area contributed by atoms with E-state index in [1.54, 1.807) is 24.0 Å². The molecule has 1 N–H and O–H groups in total. The quantitative estimate of drug-likeness (QED) is 0.699. The van der Waals surface area contributed by atoms with E-state index in [0.29, 0.717) is 23.6 Å². The number of amides is 2. The summed E-state index contributed by atoms with van der Waals surface area (Å²) < 4.78 is 29.8. The van der Waals surface area contributed by atoms with Gasteiger partial charge >= 0.3 is 6.55 Å². The smallest absolute Gasteiger partial charge is 0.319 e. The Balaban J connectivity index is 1.68. The highest BCUT2D eigenvalue weighted by Gasteiger charge is 2.60. The van der Waals surface area contributed by atoms with Crippen LogP contribution in [0, 0.1) is 6.92 Å². The maximum Gasteiger partial charge on any atom is 0.319 e. The molecule has 7 nitrogen and oxygen atoms in total. The lowest BCUT2D eigenvalue weighted by atomic mass is 9.74. The lowest BCUT2D eigenvalue weighted by Gasteiger charge is -2.33. The van der Waals surface area contributed by atoms with Gasteiger partial charge in [-0.1, -0.05) is 18.2 Å². The molecule has 1 spiro atoms. The van der Waals surface area contributed by atoms with E-state index in [0.717, 1.165) is 10.1 Å². The number of para-hydroxylation sites is 1. The van der Waals surface area contributed by atoms with E-state index in [-0.39, 0.29) is 18.1 Å². The third kappa shape index (κ3) is 2.58. The fourth-order valence-electron chi connectivity index (χ4n) is 5.04. The molecule has 160 valence electrons. The molecule has 1 fully saturated rings. The molecule has 0 unspecified atom stereocenters. The highest BCUT2D eigenvalue weighted by Crippen LogP contribution is 2.54. The first-order chi connectivity index (χ1) is 14.9. The standard InChI is InChI=1S/C22H21F2N5O2/c1-13-7-8-16(29(13)21(23)24)19(30)28-11-9-22(17(28)18-25-10-12-27(18)2)14-5-3-4-6-15(14)26-20(22)31/h3-8,10,12,17,21H,9,11H2,1-2H3,(H,26,31)/t17-,22+/m0/s1. The number of hydrogen-bond acceptors (Lipinski definition) is 3. The minimum atomic E-state index is -2.84. The van der Waals surface area contributed by atoms with Gasteiger partial charge in [0.05, 0.1) is 0 Å². The molecule has 0 saturated carbocycles. The number of carbonyl (C=O) groups excluding carboxylic acids is 2. The summed E-state index contributed by atoms with van der Waals surface area (Å²) in [6.07, 6.45) is 3.72. The molecule has 2 aliphatic heterocycles. The van der Waals surface area contributed by atoms with Crippen molar-refractivity contribution < 1.29 is 18.4 Å². The summed E-state index contributed by atoms with van der Waals surface area (Å²) in [7, 11) is 1.79. The molecule has 31 heavy (non-hydrogen) atoms. The van der Waals surface area contributed by atoms with Gasteiger partial charge in [0.1, 0.15) is 23.0 Å². The number of benzene rings is 1. The summed E-state index contributed by atoms with van der Waals surface area (Å²) in [5.41, 5.74) is 0.652. The molecule has 2 aromatic heterocycles.